The van der Waals surface area contributed by atoms with Gasteiger partial charge in [-0.1, -0.05) is 40.7 Å². The zero-order valence-electron chi connectivity index (χ0n) is 22.3. The van der Waals surface area contributed by atoms with Crippen LogP contribution in [0, 0.1) is 17.3 Å². The fourth-order valence-corrected chi connectivity index (χ4v) is 5.70. The van der Waals surface area contributed by atoms with Crippen LogP contribution in [0.25, 0.3) is 12.2 Å². The molecule has 8 heteroatoms. The molecule has 36 heavy (non-hydrogen) atoms. The van der Waals surface area contributed by atoms with Crippen LogP contribution in [0.5, 0.6) is 0 Å². The largest absolute Gasteiger partial charge is 0.458 e. The Balaban J connectivity index is 1.86. The van der Waals surface area contributed by atoms with E-state index in [1.807, 2.05) is 25.3 Å². The Kier molecular flexibility index (Phi) is 8.97. The lowest BCUT2D eigenvalue weighted by Gasteiger charge is -2.34. The number of aliphatic hydroxyl groups excluding tert-OH is 2. The Bertz CT molecular complexity index is 1000. The van der Waals surface area contributed by atoms with Gasteiger partial charge in [0, 0.05) is 17.7 Å². The summed E-state index contributed by atoms with van der Waals surface area (Å²) < 4.78 is 11.9. The number of aliphatic hydroxyl groups is 2. The first kappa shape index (κ1) is 28.7. The number of Topliss-reactive ketones (excluding diaryl/α,β-unsaturated/α-hetero) is 1. The molecule has 0 spiro atoms. The summed E-state index contributed by atoms with van der Waals surface area (Å²) in [7, 11) is 0. The Morgan fingerprint density at radius 1 is 1.25 bits per heavy atom. The lowest BCUT2D eigenvalue weighted by Crippen LogP contribution is -2.45. The van der Waals surface area contributed by atoms with Crippen LogP contribution in [0.4, 0.5) is 0 Å². The standard InChI is InChI=1S/C28H41NO6S/c1-8-23-29-19(15-36-23)12-17(3)20-13-22-28(7,35-22)11-9-10-16(2)25(32)18(4)26(33)27(5,6)21(30)14-24(31)34-20/h8,12,15-16,18,20-22,25,30,32H,1,9-11,13-14H2,2-7H3/b17-12+/t16-,18+,20-,21-,22-,25-,28+/m0/s1. The molecule has 1 aromatic rings. The lowest BCUT2D eigenvalue weighted by atomic mass is 9.73. The van der Waals surface area contributed by atoms with Crippen molar-refractivity contribution in [2.24, 2.45) is 17.3 Å². The molecule has 2 fully saturated rings. The molecule has 0 amide bonds. The number of rotatable bonds is 3. The number of ether oxygens (including phenoxy) is 2. The van der Waals surface area contributed by atoms with E-state index < -0.39 is 35.6 Å². The SMILES string of the molecule is C=Cc1nc(/C=C(\C)[C@@H]2C[C@@H]3O[C@]3(C)CCC[C@H](C)[C@H](O)[C@@H](C)C(=O)C(C)(C)[C@@H](O)CC(=O)O2)cs1. The van der Waals surface area contributed by atoms with E-state index in [4.69, 9.17) is 9.47 Å². The van der Waals surface area contributed by atoms with Gasteiger partial charge in [-0.15, -0.1) is 11.3 Å². The van der Waals surface area contributed by atoms with Crippen molar-refractivity contribution in [3.63, 3.8) is 0 Å². The number of hydrogen-bond acceptors (Lipinski definition) is 8. The van der Waals surface area contributed by atoms with Crippen LogP contribution in [0.1, 0.15) is 84.3 Å². The second kappa shape index (κ2) is 11.3. The van der Waals surface area contributed by atoms with E-state index in [9.17, 15) is 19.8 Å². The van der Waals surface area contributed by atoms with Crippen molar-refractivity contribution in [1.82, 2.24) is 4.98 Å². The Hall–Kier alpha value is -1.87. The van der Waals surface area contributed by atoms with Gasteiger partial charge in [0.25, 0.3) is 0 Å². The third kappa shape index (κ3) is 6.52. The molecule has 0 saturated carbocycles. The average molecular weight is 520 g/mol. The molecule has 7 atom stereocenters. The van der Waals surface area contributed by atoms with Crippen LogP contribution < -0.4 is 0 Å². The minimum Gasteiger partial charge on any atom is -0.458 e. The summed E-state index contributed by atoms with van der Waals surface area (Å²) in [6.07, 6.45) is 3.53. The molecule has 2 aliphatic rings. The van der Waals surface area contributed by atoms with Crippen LogP contribution in [-0.2, 0) is 19.1 Å². The number of nitrogens with zero attached hydrogens (tertiary/aromatic N) is 1. The van der Waals surface area contributed by atoms with Gasteiger partial charge in [0.15, 0.2) is 0 Å². The lowest BCUT2D eigenvalue weighted by molar-refractivity contribution is -0.154. The van der Waals surface area contributed by atoms with Crippen LogP contribution in [0.3, 0.4) is 0 Å². The quantitative estimate of drug-likeness (QED) is 0.436. The van der Waals surface area contributed by atoms with Crippen molar-refractivity contribution < 1.29 is 29.3 Å². The minimum absolute atomic E-state index is 0.0622. The molecule has 2 N–H and O–H groups in total. The van der Waals surface area contributed by atoms with Gasteiger partial charge in [-0.3, -0.25) is 9.59 Å². The highest BCUT2D eigenvalue weighted by atomic mass is 32.1. The van der Waals surface area contributed by atoms with Crippen LogP contribution >= 0.6 is 11.3 Å². The molecule has 0 aromatic carbocycles. The minimum atomic E-state index is -1.24. The number of ketones is 1. The van der Waals surface area contributed by atoms with E-state index in [2.05, 4.69) is 18.5 Å². The van der Waals surface area contributed by atoms with Crippen molar-refractivity contribution in [2.45, 2.75) is 104 Å². The van der Waals surface area contributed by atoms with E-state index in [1.54, 1.807) is 26.8 Å². The van der Waals surface area contributed by atoms with Crippen molar-refractivity contribution >= 4 is 35.2 Å². The number of cyclic esters (lactones) is 1. The number of thiazole rings is 1. The molecule has 2 saturated heterocycles. The van der Waals surface area contributed by atoms with Gasteiger partial charge < -0.3 is 19.7 Å². The molecule has 7 nitrogen and oxygen atoms in total. The van der Waals surface area contributed by atoms with E-state index in [-0.39, 0.29) is 29.8 Å². The fourth-order valence-electron chi connectivity index (χ4n) is 5.08. The number of epoxide rings is 1. The first-order valence-corrected chi connectivity index (χ1v) is 13.7. The second-order valence-electron chi connectivity index (χ2n) is 11.3. The molecule has 200 valence electrons. The van der Waals surface area contributed by atoms with Gasteiger partial charge in [0.05, 0.1) is 41.4 Å². The molecule has 3 rings (SSSR count). The third-order valence-electron chi connectivity index (χ3n) is 8.00. The Labute approximate surface area is 218 Å². The number of fused-ring (bicyclic) bond motifs is 1. The maximum absolute atomic E-state index is 13.2. The van der Waals surface area contributed by atoms with Gasteiger partial charge >= 0.3 is 5.97 Å². The first-order valence-electron chi connectivity index (χ1n) is 12.8. The zero-order valence-corrected chi connectivity index (χ0v) is 23.1. The van der Waals surface area contributed by atoms with E-state index in [0.717, 1.165) is 35.5 Å². The molecular weight excluding hydrogens is 478 g/mol. The molecule has 0 aliphatic carbocycles. The molecular formula is C28H41NO6S. The number of aromatic nitrogens is 1. The number of carbonyl (C=O) groups excluding carboxylic acids is 2. The number of esters is 1. The average Bonchev–Trinajstić information content (AvgIpc) is 3.23. The monoisotopic (exact) mass is 519 g/mol. The predicted octanol–water partition coefficient (Wildman–Crippen LogP) is 4.81. The molecule has 0 unspecified atom stereocenters. The Morgan fingerprint density at radius 2 is 1.94 bits per heavy atom. The maximum Gasteiger partial charge on any atom is 0.309 e. The summed E-state index contributed by atoms with van der Waals surface area (Å²) in [6.45, 7) is 14.6. The second-order valence-corrected chi connectivity index (χ2v) is 12.2. The van der Waals surface area contributed by atoms with E-state index in [0.29, 0.717) is 6.42 Å². The number of hydrogen-bond donors (Lipinski definition) is 2. The summed E-state index contributed by atoms with van der Waals surface area (Å²) in [6, 6.07) is 0. The maximum atomic E-state index is 13.2. The van der Waals surface area contributed by atoms with Gasteiger partial charge in [0.2, 0.25) is 0 Å². The topological polar surface area (TPSA) is 109 Å². The normalized spacial score (nSPS) is 36.6. The zero-order chi connectivity index (χ0) is 26.8. The van der Waals surface area contributed by atoms with Crippen LogP contribution in [0.15, 0.2) is 17.5 Å². The van der Waals surface area contributed by atoms with Crippen molar-refractivity contribution in [3.05, 3.63) is 28.2 Å². The first-order chi connectivity index (χ1) is 16.8. The van der Waals surface area contributed by atoms with Gasteiger partial charge in [-0.2, -0.15) is 0 Å². The highest BCUT2D eigenvalue weighted by molar-refractivity contribution is 7.10. The third-order valence-corrected chi connectivity index (χ3v) is 8.86. The summed E-state index contributed by atoms with van der Waals surface area (Å²) in [5, 5.41) is 24.5. The van der Waals surface area contributed by atoms with Crippen molar-refractivity contribution in [3.8, 4) is 0 Å². The van der Waals surface area contributed by atoms with Crippen LogP contribution in [0.2, 0.25) is 0 Å². The van der Waals surface area contributed by atoms with Gasteiger partial charge in [-0.25, -0.2) is 4.98 Å². The van der Waals surface area contributed by atoms with E-state index >= 15 is 0 Å². The molecule has 1 aromatic heterocycles. The molecule has 0 radical (unpaired) electrons. The van der Waals surface area contributed by atoms with Crippen molar-refractivity contribution in [1.29, 1.82) is 0 Å². The summed E-state index contributed by atoms with van der Waals surface area (Å²) in [5.41, 5.74) is 0.0738. The Morgan fingerprint density at radius 3 is 2.58 bits per heavy atom. The van der Waals surface area contributed by atoms with Gasteiger partial charge in [0.1, 0.15) is 16.9 Å². The molecule has 2 aliphatic heterocycles. The fraction of sp³-hybridized carbons (Fsp3) is 0.679. The highest BCUT2D eigenvalue weighted by Gasteiger charge is 2.53. The van der Waals surface area contributed by atoms with Crippen molar-refractivity contribution in [2.75, 3.05) is 0 Å². The van der Waals surface area contributed by atoms with Gasteiger partial charge in [-0.05, 0) is 50.3 Å². The van der Waals surface area contributed by atoms with E-state index in [1.165, 1.54) is 11.3 Å². The van der Waals surface area contributed by atoms with Crippen LogP contribution in [-0.4, -0.2) is 57.0 Å². The predicted molar refractivity (Wildman–Crippen MR) is 141 cm³/mol. The summed E-state index contributed by atoms with van der Waals surface area (Å²) in [5.74, 6) is -1.58. The summed E-state index contributed by atoms with van der Waals surface area (Å²) >= 11 is 1.49. The summed E-state index contributed by atoms with van der Waals surface area (Å²) in [4.78, 5) is 30.7. The highest BCUT2D eigenvalue weighted by Crippen LogP contribution is 2.45. The molecule has 3 heterocycles. The number of carbonyl (C=O) groups is 2. The smallest absolute Gasteiger partial charge is 0.309 e. The molecule has 0 bridgehead atoms.